The van der Waals surface area contributed by atoms with E-state index in [2.05, 4.69) is 41.9 Å². The Bertz CT molecular complexity index is 1270. The van der Waals surface area contributed by atoms with Gasteiger partial charge in [0.1, 0.15) is 5.82 Å². The van der Waals surface area contributed by atoms with Crippen molar-refractivity contribution in [3.8, 4) is 11.5 Å². The molecule has 0 aliphatic heterocycles. The van der Waals surface area contributed by atoms with Crippen LogP contribution >= 0.6 is 31.9 Å². The van der Waals surface area contributed by atoms with Gasteiger partial charge in [-0.05, 0) is 65.7 Å². The number of ether oxygens (including phenoxy) is 3. The standard InChI is InChI=1S/C23H23Br2N3O5/c1-5-20-27-18-8-7-15(24)11-16(18)22(29)28(20)26-12-14-9-17(25)21(19(10-14)31-4)33-13(3)23(30)32-6-2/h7-13H,5-6H2,1-4H3/t13-/m0/s1. The lowest BCUT2D eigenvalue weighted by Crippen LogP contribution is -2.26. The molecule has 1 aromatic heterocycles. The average Bonchev–Trinajstić information content (AvgIpc) is 2.80. The van der Waals surface area contributed by atoms with Gasteiger partial charge in [-0.25, -0.2) is 9.78 Å². The molecule has 1 atom stereocenters. The lowest BCUT2D eigenvalue weighted by atomic mass is 10.2. The number of carbonyl (C=O) groups is 1. The van der Waals surface area contributed by atoms with Crippen LogP contribution in [-0.2, 0) is 16.0 Å². The number of hydrogen-bond donors (Lipinski definition) is 0. The molecule has 3 aromatic rings. The van der Waals surface area contributed by atoms with Crippen LogP contribution in [0.4, 0.5) is 0 Å². The predicted octanol–water partition coefficient (Wildman–Crippen LogP) is 4.71. The fourth-order valence-corrected chi connectivity index (χ4v) is 3.99. The molecule has 10 heteroatoms. The summed E-state index contributed by atoms with van der Waals surface area (Å²) >= 11 is 6.85. The van der Waals surface area contributed by atoms with Gasteiger partial charge < -0.3 is 14.2 Å². The van der Waals surface area contributed by atoms with Gasteiger partial charge in [0, 0.05) is 10.9 Å². The zero-order valence-corrected chi connectivity index (χ0v) is 21.8. The number of aromatic nitrogens is 2. The summed E-state index contributed by atoms with van der Waals surface area (Å²) in [5.74, 6) is 0.823. The predicted molar refractivity (Wildman–Crippen MR) is 133 cm³/mol. The van der Waals surface area contributed by atoms with E-state index in [1.165, 1.54) is 18.0 Å². The summed E-state index contributed by atoms with van der Waals surface area (Å²) in [5.41, 5.74) is 1.01. The quantitative estimate of drug-likeness (QED) is 0.283. The molecule has 174 valence electrons. The second-order valence-electron chi connectivity index (χ2n) is 6.95. The van der Waals surface area contributed by atoms with Crippen molar-refractivity contribution < 1.29 is 19.0 Å². The minimum atomic E-state index is -0.816. The Kier molecular flexibility index (Phi) is 8.25. The van der Waals surface area contributed by atoms with Crippen LogP contribution in [0, 0.1) is 0 Å². The Balaban J connectivity index is 1.98. The van der Waals surface area contributed by atoms with E-state index in [4.69, 9.17) is 14.2 Å². The van der Waals surface area contributed by atoms with Crippen molar-refractivity contribution in [2.75, 3.05) is 13.7 Å². The van der Waals surface area contributed by atoms with Crippen LogP contribution in [0.5, 0.6) is 11.5 Å². The van der Waals surface area contributed by atoms with Crippen LogP contribution in [0.1, 0.15) is 32.2 Å². The van der Waals surface area contributed by atoms with Crippen molar-refractivity contribution in [1.82, 2.24) is 9.66 Å². The van der Waals surface area contributed by atoms with E-state index in [1.54, 1.807) is 38.1 Å². The van der Waals surface area contributed by atoms with Crippen LogP contribution in [0.15, 0.2) is 49.2 Å². The monoisotopic (exact) mass is 579 g/mol. The fraction of sp³-hybridized carbons (Fsp3) is 0.304. The van der Waals surface area contributed by atoms with E-state index >= 15 is 0 Å². The van der Waals surface area contributed by atoms with Gasteiger partial charge in [0.25, 0.3) is 5.56 Å². The molecule has 2 aromatic carbocycles. The highest BCUT2D eigenvalue weighted by Gasteiger charge is 2.20. The highest BCUT2D eigenvalue weighted by molar-refractivity contribution is 9.10. The van der Waals surface area contributed by atoms with Gasteiger partial charge in [-0.3, -0.25) is 4.79 Å². The zero-order chi connectivity index (χ0) is 24.1. The van der Waals surface area contributed by atoms with Crippen molar-refractivity contribution >= 4 is 54.9 Å². The Morgan fingerprint density at radius 1 is 1.24 bits per heavy atom. The molecule has 0 amide bonds. The highest BCUT2D eigenvalue weighted by Crippen LogP contribution is 2.37. The largest absolute Gasteiger partial charge is 0.493 e. The first-order valence-corrected chi connectivity index (χ1v) is 11.8. The molecular formula is C23H23Br2N3O5. The van der Waals surface area contributed by atoms with Crippen LogP contribution in [0.3, 0.4) is 0 Å². The molecule has 0 aliphatic carbocycles. The Labute approximate surface area is 207 Å². The average molecular weight is 581 g/mol. The topological polar surface area (TPSA) is 92.0 Å². The Hall–Kier alpha value is -2.72. The van der Waals surface area contributed by atoms with Gasteiger partial charge in [0.05, 0.1) is 35.3 Å². The summed E-state index contributed by atoms with van der Waals surface area (Å²) in [7, 11) is 1.50. The summed E-state index contributed by atoms with van der Waals surface area (Å²) in [5, 5.41) is 4.86. The molecule has 0 saturated heterocycles. The van der Waals surface area contributed by atoms with Gasteiger partial charge in [-0.1, -0.05) is 22.9 Å². The van der Waals surface area contributed by atoms with E-state index in [9.17, 15) is 9.59 Å². The fourth-order valence-electron chi connectivity index (χ4n) is 3.08. The van der Waals surface area contributed by atoms with E-state index in [1.807, 2.05) is 13.0 Å². The highest BCUT2D eigenvalue weighted by atomic mass is 79.9. The Morgan fingerprint density at radius 2 is 2.00 bits per heavy atom. The SMILES string of the molecule is CCOC(=O)[C@H](C)Oc1c(Br)cc(C=Nn2c(CC)nc3ccc(Br)cc3c2=O)cc1OC. The van der Waals surface area contributed by atoms with Gasteiger partial charge in [-0.2, -0.15) is 9.78 Å². The van der Waals surface area contributed by atoms with E-state index < -0.39 is 12.1 Å². The summed E-state index contributed by atoms with van der Waals surface area (Å²) < 4.78 is 18.8. The number of nitrogens with zero attached hydrogens (tertiary/aromatic N) is 3. The van der Waals surface area contributed by atoms with E-state index in [0.717, 1.165) is 4.47 Å². The second-order valence-corrected chi connectivity index (χ2v) is 8.72. The van der Waals surface area contributed by atoms with Crippen LogP contribution in [0.25, 0.3) is 10.9 Å². The summed E-state index contributed by atoms with van der Waals surface area (Å²) in [6, 6.07) is 8.82. The summed E-state index contributed by atoms with van der Waals surface area (Å²) in [6.45, 7) is 5.51. The third-order valence-electron chi connectivity index (χ3n) is 4.68. The first-order chi connectivity index (χ1) is 15.8. The number of methoxy groups -OCH3 is 1. The summed E-state index contributed by atoms with van der Waals surface area (Å²) in [4.78, 5) is 29.5. The molecular weight excluding hydrogens is 558 g/mol. The molecule has 33 heavy (non-hydrogen) atoms. The normalized spacial score (nSPS) is 12.2. The number of fused-ring (bicyclic) bond motifs is 1. The first kappa shape index (κ1) is 24.9. The number of hydrogen-bond acceptors (Lipinski definition) is 7. The number of halogens is 2. The molecule has 0 bridgehead atoms. The maximum Gasteiger partial charge on any atom is 0.347 e. The van der Waals surface area contributed by atoms with Crippen LogP contribution < -0.4 is 15.0 Å². The molecule has 0 aliphatic rings. The molecule has 1 heterocycles. The van der Waals surface area contributed by atoms with Crippen molar-refractivity contribution in [3.05, 3.63) is 61.0 Å². The smallest absolute Gasteiger partial charge is 0.347 e. The van der Waals surface area contributed by atoms with E-state index in [-0.39, 0.29) is 12.2 Å². The maximum absolute atomic E-state index is 13.1. The minimum absolute atomic E-state index is 0.261. The van der Waals surface area contributed by atoms with Crippen molar-refractivity contribution in [3.63, 3.8) is 0 Å². The summed E-state index contributed by atoms with van der Waals surface area (Å²) in [6.07, 6.45) is 1.26. The molecule has 0 unspecified atom stereocenters. The van der Waals surface area contributed by atoms with Crippen LogP contribution in [-0.4, -0.2) is 41.7 Å². The zero-order valence-electron chi connectivity index (χ0n) is 18.6. The number of carbonyl (C=O) groups excluding carboxylic acids is 1. The molecule has 8 nitrogen and oxygen atoms in total. The van der Waals surface area contributed by atoms with Gasteiger partial charge in [-0.15, -0.1) is 0 Å². The first-order valence-electron chi connectivity index (χ1n) is 10.2. The molecule has 0 N–H and O–H groups in total. The number of aryl methyl sites for hydroxylation is 1. The number of benzene rings is 2. The number of rotatable bonds is 8. The lowest BCUT2D eigenvalue weighted by molar-refractivity contribution is -0.150. The molecule has 0 radical (unpaired) electrons. The molecule has 0 saturated carbocycles. The Morgan fingerprint density at radius 3 is 2.67 bits per heavy atom. The minimum Gasteiger partial charge on any atom is -0.493 e. The third-order valence-corrected chi connectivity index (χ3v) is 5.76. The van der Waals surface area contributed by atoms with Crippen molar-refractivity contribution in [2.24, 2.45) is 5.10 Å². The second kappa shape index (κ2) is 10.9. The lowest BCUT2D eigenvalue weighted by Gasteiger charge is -2.17. The maximum atomic E-state index is 13.1. The van der Waals surface area contributed by atoms with Gasteiger partial charge in [0.2, 0.25) is 0 Å². The van der Waals surface area contributed by atoms with E-state index in [0.29, 0.717) is 44.7 Å². The molecule has 0 fully saturated rings. The van der Waals surface area contributed by atoms with Crippen molar-refractivity contribution in [1.29, 1.82) is 0 Å². The third kappa shape index (κ3) is 5.62. The van der Waals surface area contributed by atoms with Gasteiger partial charge in [0.15, 0.2) is 17.6 Å². The van der Waals surface area contributed by atoms with Crippen molar-refractivity contribution in [2.45, 2.75) is 33.3 Å². The van der Waals surface area contributed by atoms with Crippen LogP contribution in [0.2, 0.25) is 0 Å². The number of esters is 1. The molecule has 3 rings (SSSR count). The molecule has 0 spiro atoms. The van der Waals surface area contributed by atoms with Gasteiger partial charge >= 0.3 is 5.97 Å².